The Hall–Kier alpha value is -2.36. The molecule has 0 radical (unpaired) electrons. The van der Waals surface area contributed by atoms with Gasteiger partial charge in [-0.3, -0.25) is 0 Å². The monoisotopic (exact) mass is 232 g/mol. The molecule has 0 bridgehead atoms. The summed E-state index contributed by atoms with van der Waals surface area (Å²) < 4.78 is 0. The average Bonchev–Trinajstić information content (AvgIpc) is 2.30. The largest absolute Gasteiger partial charge is 0.504 e. The SMILES string of the molecule is Oc1ccc(Cc2cccc(O)c2O)cc1O. The van der Waals surface area contributed by atoms with Crippen molar-refractivity contribution in [3.8, 4) is 23.0 Å². The van der Waals surface area contributed by atoms with Gasteiger partial charge in [-0.05, 0) is 23.8 Å². The van der Waals surface area contributed by atoms with Gasteiger partial charge in [-0.25, -0.2) is 0 Å². The molecular formula is C13H12O4. The standard InChI is InChI=1S/C13H12O4/c14-10-5-4-8(7-12(10)16)6-9-2-1-3-11(15)13(9)17/h1-5,7,14-17H,6H2. The van der Waals surface area contributed by atoms with Crippen molar-refractivity contribution in [2.45, 2.75) is 6.42 Å². The van der Waals surface area contributed by atoms with Gasteiger partial charge in [0.25, 0.3) is 0 Å². The van der Waals surface area contributed by atoms with Crippen molar-refractivity contribution in [1.29, 1.82) is 0 Å². The van der Waals surface area contributed by atoms with E-state index in [0.717, 1.165) is 5.56 Å². The van der Waals surface area contributed by atoms with Crippen LogP contribution in [0.15, 0.2) is 36.4 Å². The van der Waals surface area contributed by atoms with E-state index in [1.807, 2.05) is 0 Å². The van der Waals surface area contributed by atoms with Gasteiger partial charge in [0, 0.05) is 12.0 Å². The van der Waals surface area contributed by atoms with E-state index in [4.69, 9.17) is 5.11 Å². The lowest BCUT2D eigenvalue weighted by molar-refractivity contribution is 0.399. The number of benzene rings is 2. The lowest BCUT2D eigenvalue weighted by Crippen LogP contribution is -1.89. The number of aromatic hydroxyl groups is 4. The van der Waals surface area contributed by atoms with Crippen molar-refractivity contribution in [3.05, 3.63) is 47.5 Å². The summed E-state index contributed by atoms with van der Waals surface area (Å²) in [6, 6.07) is 9.14. The molecule has 0 saturated heterocycles. The molecule has 0 heterocycles. The van der Waals surface area contributed by atoms with Crippen LogP contribution in [0.25, 0.3) is 0 Å². The highest BCUT2D eigenvalue weighted by molar-refractivity contribution is 5.48. The molecule has 0 unspecified atom stereocenters. The van der Waals surface area contributed by atoms with Gasteiger partial charge >= 0.3 is 0 Å². The van der Waals surface area contributed by atoms with Crippen LogP contribution in [0.3, 0.4) is 0 Å². The molecule has 2 aromatic rings. The lowest BCUT2D eigenvalue weighted by Gasteiger charge is -2.07. The van der Waals surface area contributed by atoms with Crippen LogP contribution in [0, 0.1) is 0 Å². The van der Waals surface area contributed by atoms with E-state index in [1.54, 1.807) is 18.2 Å². The molecule has 0 aromatic heterocycles. The highest BCUT2D eigenvalue weighted by Gasteiger charge is 2.08. The minimum Gasteiger partial charge on any atom is -0.504 e. The van der Waals surface area contributed by atoms with Crippen molar-refractivity contribution in [2.24, 2.45) is 0 Å². The summed E-state index contributed by atoms with van der Waals surface area (Å²) in [5, 5.41) is 37.5. The molecule has 88 valence electrons. The van der Waals surface area contributed by atoms with Crippen LogP contribution in [0.1, 0.15) is 11.1 Å². The van der Waals surface area contributed by atoms with Crippen molar-refractivity contribution in [1.82, 2.24) is 0 Å². The first-order chi connectivity index (χ1) is 8.08. The number of para-hydroxylation sites is 1. The highest BCUT2D eigenvalue weighted by Crippen LogP contribution is 2.31. The van der Waals surface area contributed by atoms with E-state index in [0.29, 0.717) is 12.0 Å². The summed E-state index contributed by atoms with van der Waals surface area (Å²) in [6.45, 7) is 0. The molecule has 17 heavy (non-hydrogen) atoms. The summed E-state index contributed by atoms with van der Waals surface area (Å²) in [5.41, 5.74) is 1.27. The molecule has 4 nitrogen and oxygen atoms in total. The van der Waals surface area contributed by atoms with Crippen LogP contribution in [0.5, 0.6) is 23.0 Å². The van der Waals surface area contributed by atoms with Crippen molar-refractivity contribution in [3.63, 3.8) is 0 Å². The molecule has 0 spiro atoms. The molecule has 0 amide bonds. The third-order valence-electron chi connectivity index (χ3n) is 2.53. The zero-order valence-corrected chi connectivity index (χ0v) is 8.96. The Kier molecular flexibility index (Phi) is 2.78. The van der Waals surface area contributed by atoms with Gasteiger partial charge in [0.1, 0.15) is 0 Å². The molecule has 4 heteroatoms. The van der Waals surface area contributed by atoms with Crippen LogP contribution < -0.4 is 0 Å². The molecule has 0 aliphatic heterocycles. The second-order valence-electron chi connectivity index (χ2n) is 3.78. The van der Waals surface area contributed by atoms with Gasteiger partial charge < -0.3 is 20.4 Å². The molecule has 2 rings (SSSR count). The Morgan fingerprint density at radius 3 is 2.24 bits per heavy atom. The van der Waals surface area contributed by atoms with Crippen LogP contribution in [-0.2, 0) is 6.42 Å². The van der Waals surface area contributed by atoms with E-state index in [1.165, 1.54) is 18.2 Å². The first-order valence-corrected chi connectivity index (χ1v) is 5.08. The van der Waals surface area contributed by atoms with Gasteiger partial charge in [0.15, 0.2) is 23.0 Å². The maximum atomic E-state index is 9.62. The van der Waals surface area contributed by atoms with Gasteiger partial charge in [0.2, 0.25) is 0 Å². The number of rotatable bonds is 2. The van der Waals surface area contributed by atoms with Gasteiger partial charge in [-0.1, -0.05) is 18.2 Å². The second-order valence-corrected chi connectivity index (χ2v) is 3.78. The van der Waals surface area contributed by atoms with E-state index in [-0.39, 0.29) is 23.0 Å². The van der Waals surface area contributed by atoms with E-state index >= 15 is 0 Å². The Balaban J connectivity index is 2.31. The third kappa shape index (κ3) is 2.25. The summed E-state index contributed by atoms with van der Waals surface area (Å²) in [5.74, 6) is -0.735. The van der Waals surface area contributed by atoms with Gasteiger partial charge in [-0.2, -0.15) is 0 Å². The molecule has 4 N–H and O–H groups in total. The summed E-state index contributed by atoms with van der Waals surface area (Å²) in [4.78, 5) is 0. The number of hydrogen-bond donors (Lipinski definition) is 4. The van der Waals surface area contributed by atoms with Crippen LogP contribution in [0.2, 0.25) is 0 Å². The second kappa shape index (κ2) is 4.25. The minimum atomic E-state index is -0.206. The first-order valence-electron chi connectivity index (χ1n) is 5.08. The molecule has 0 saturated carbocycles. The quantitative estimate of drug-likeness (QED) is 0.598. The Labute approximate surface area is 98.0 Å². The Morgan fingerprint density at radius 2 is 1.53 bits per heavy atom. The molecule has 2 aromatic carbocycles. The first kappa shape index (κ1) is 11.1. The number of phenolic OH excluding ortho intramolecular Hbond substituents is 4. The third-order valence-corrected chi connectivity index (χ3v) is 2.53. The maximum Gasteiger partial charge on any atom is 0.161 e. The van der Waals surface area contributed by atoms with E-state index < -0.39 is 0 Å². The van der Waals surface area contributed by atoms with Crippen LogP contribution in [-0.4, -0.2) is 20.4 Å². The van der Waals surface area contributed by atoms with Crippen molar-refractivity contribution in [2.75, 3.05) is 0 Å². The molecule has 0 aliphatic carbocycles. The van der Waals surface area contributed by atoms with Crippen molar-refractivity contribution < 1.29 is 20.4 Å². The van der Waals surface area contributed by atoms with Crippen LogP contribution >= 0.6 is 0 Å². The van der Waals surface area contributed by atoms with Crippen molar-refractivity contribution >= 4 is 0 Å². The molecule has 0 atom stereocenters. The Bertz CT molecular complexity index is 549. The minimum absolute atomic E-state index is 0.167. The predicted octanol–water partition coefficient (Wildman–Crippen LogP) is 2.10. The predicted molar refractivity (Wildman–Crippen MR) is 62.3 cm³/mol. The topological polar surface area (TPSA) is 80.9 Å². The van der Waals surface area contributed by atoms with Gasteiger partial charge in [-0.15, -0.1) is 0 Å². The fourth-order valence-corrected chi connectivity index (χ4v) is 1.62. The van der Waals surface area contributed by atoms with Gasteiger partial charge in [0.05, 0.1) is 0 Å². The number of phenols is 4. The smallest absolute Gasteiger partial charge is 0.161 e. The average molecular weight is 232 g/mol. The summed E-state index contributed by atoms with van der Waals surface area (Å²) in [7, 11) is 0. The zero-order valence-electron chi connectivity index (χ0n) is 8.96. The fourth-order valence-electron chi connectivity index (χ4n) is 1.62. The molecule has 0 aliphatic rings. The van der Waals surface area contributed by atoms with E-state index in [2.05, 4.69) is 0 Å². The zero-order chi connectivity index (χ0) is 12.4. The highest BCUT2D eigenvalue weighted by atomic mass is 16.3. The normalized spacial score (nSPS) is 10.4. The maximum absolute atomic E-state index is 9.62. The lowest BCUT2D eigenvalue weighted by atomic mass is 10.0. The number of hydrogen-bond acceptors (Lipinski definition) is 4. The Morgan fingerprint density at radius 1 is 0.765 bits per heavy atom. The van der Waals surface area contributed by atoms with Crippen LogP contribution in [0.4, 0.5) is 0 Å². The molecule has 0 fully saturated rings. The summed E-state index contributed by atoms with van der Waals surface area (Å²) >= 11 is 0. The summed E-state index contributed by atoms with van der Waals surface area (Å²) in [6.07, 6.45) is 0.355. The molecular weight excluding hydrogens is 220 g/mol. The fraction of sp³-hybridized carbons (Fsp3) is 0.0769. The van der Waals surface area contributed by atoms with E-state index in [9.17, 15) is 15.3 Å².